The van der Waals surface area contributed by atoms with Crippen LogP contribution in [0.15, 0.2) is 59.5 Å². The predicted octanol–water partition coefficient (Wildman–Crippen LogP) is 1.93. The lowest BCUT2D eigenvalue weighted by Crippen LogP contribution is -2.31. The van der Waals surface area contributed by atoms with Gasteiger partial charge < -0.3 is 10.4 Å². The Balaban J connectivity index is 0.000000243. The number of rotatable bonds is 4. The molecular weight excluding hydrogens is 330 g/mol. The van der Waals surface area contributed by atoms with Gasteiger partial charge in [0.15, 0.2) is 0 Å². The van der Waals surface area contributed by atoms with E-state index in [1.54, 1.807) is 12.1 Å². The zero-order valence-electron chi connectivity index (χ0n) is 13.5. The van der Waals surface area contributed by atoms with E-state index < -0.39 is 16.2 Å². The van der Waals surface area contributed by atoms with Crippen LogP contribution in [0.25, 0.3) is 0 Å². The second kappa shape index (κ2) is 9.17. The molecule has 1 amide bonds. The largest absolute Gasteiger partial charge is 0.384 e. The van der Waals surface area contributed by atoms with Gasteiger partial charge >= 0.3 is 0 Å². The molecule has 2 aromatic carbocycles. The maximum Gasteiger partial charge on any atom is 0.294 e. The predicted molar refractivity (Wildman–Crippen MR) is 91.0 cm³/mol. The molecule has 130 valence electrons. The van der Waals surface area contributed by atoms with E-state index >= 15 is 0 Å². The summed E-state index contributed by atoms with van der Waals surface area (Å²) in [6.07, 6.45) is -0.941. The highest BCUT2D eigenvalue weighted by Gasteiger charge is 2.07. The summed E-state index contributed by atoms with van der Waals surface area (Å²) in [5.41, 5.74) is 1.98. The minimum absolute atomic E-state index is 0.0666. The smallest absolute Gasteiger partial charge is 0.294 e. The van der Waals surface area contributed by atoms with Gasteiger partial charge in [-0.1, -0.05) is 48.0 Å². The normalized spacial score (nSPS) is 11.8. The zero-order valence-corrected chi connectivity index (χ0v) is 14.3. The molecule has 1 atom stereocenters. The lowest BCUT2D eigenvalue weighted by atomic mass is 10.2. The van der Waals surface area contributed by atoms with Gasteiger partial charge in [0.2, 0.25) is 5.91 Å². The number of aryl methyl sites for hydroxylation is 1. The molecule has 0 spiro atoms. The van der Waals surface area contributed by atoms with Crippen molar-refractivity contribution >= 4 is 16.0 Å². The van der Waals surface area contributed by atoms with Crippen LogP contribution in [0.5, 0.6) is 0 Å². The summed E-state index contributed by atoms with van der Waals surface area (Å²) in [4.78, 5) is 10.9. The van der Waals surface area contributed by atoms with Gasteiger partial charge in [-0.05, 0) is 31.5 Å². The van der Waals surface area contributed by atoms with E-state index in [2.05, 4.69) is 5.32 Å². The molecule has 0 radical (unpaired) electrons. The van der Waals surface area contributed by atoms with Gasteiger partial charge in [-0.2, -0.15) is 8.42 Å². The molecule has 0 aliphatic heterocycles. The number of carbonyl (C=O) groups excluding carboxylic acids is 1. The van der Waals surface area contributed by atoms with Crippen LogP contribution in [0.1, 0.15) is 18.1 Å². The van der Waals surface area contributed by atoms with Crippen LogP contribution in [-0.2, 0) is 21.5 Å². The summed E-state index contributed by atoms with van der Waals surface area (Å²) in [6, 6.07) is 15.6. The Morgan fingerprint density at radius 3 is 2.08 bits per heavy atom. The third-order valence-electron chi connectivity index (χ3n) is 3.01. The van der Waals surface area contributed by atoms with Crippen molar-refractivity contribution in [3.05, 3.63) is 65.7 Å². The fourth-order valence-corrected chi connectivity index (χ4v) is 2.12. The van der Waals surface area contributed by atoms with Gasteiger partial charge in [-0.25, -0.2) is 0 Å². The average molecular weight is 351 g/mol. The third kappa shape index (κ3) is 7.36. The van der Waals surface area contributed by atoms with Crippen LogP contribution >= 0.6 is 0 Å². The minimum atomic E-state index is -4.02. The third-order valence-corrected chi connectivity index (χ3v) is 3.88. The summed E-state index contributed by atoms with van der Waals surface area (Å²) in [7, 11) is -4.02. The first-order valence-electron chi connectivity index (χ1n) is 7.24. The topological polar surface area (TPSA) is 104 Å². The van der Waals surface area contributed by atoms with Crippen molar-refractivity contribution in [3.63, 3.8) is 0 Å². The highest BCUT2D eigenvalue weighted by Crippen LogP contribution is 2.08. The first-order valence-corrected chi connectivity index (χ1v) is 8.68. The van der Waals surface area contributed by atoms with Gasteiger partial charge in [-0.3, -0.25) is 9.35 Å². The van der Waals surface area contributed by atoms with Crippen LogP contribution in [-0.4, -0.2) is 30.1 Å². The molecule has 0 aromatic heterocycles. The van der Waals surface area contributed by atoms with Gasteiger partial charge in [0.1, 0.15) is 6.10 Å². The van der Waals surface area contributed by atoms with Gasteiger partial charge in [0, 0.05) is 6.54 Å². The highest BCUT2D eigenvalue weighted by atomic mass is 32.2. The van der Waals surface area contributed by atoms with Crippen LogP contribution in [0.2, 0.25) is 0 Å². The Kier molecular flexibility index (Phi) is 7.57. The second-order valence-electron chi connectivity index (χ2n) is 5.17. The molecule has 2 aromatic rings. The lowest BCUT2D eigenvalue weighted by Gasteiger charge is -2.06. The molecule has 7 heteroatoms. The van der Waals surface area contributed by atoms with Gasteiger partial charge in [-0.15, -0.1) is 0 Å². The van der Waals surface area contributed by atoms with Crippen molar-refractivity contribution in [3.8, 4) is 0 Å². The van der Waals surface area contributed by atoms with Crippen molar-refractivity contribution in [2.24, 2.45) is 0 Å². The Hall–Kier alpha value is -2.22. The summed E-state index contributed by atoms with van der Waals surface area (Å²) in [5.74, 6) is -0.344. The van der Waals surface area contributed by atoms with Crippen molar-refractivity contribution in [2.45, 2.75) is 31.4 Å². The fraction of sp³-hybridized carbons (Fsp3) is 0.235. The lowest BCUT2D eigenvalue weighted by molar-refractivity contribution is -0.128. The van der Waals surface area contributed by atoms with E-state index in [1.165, 1.54) is 19.1 Å². The van der Waals surface area contributed by atoms with Gasteiger partial charge in [0.25, 0.3) is 10.1 Å². The summed E-state index contributed by atoms with van der Waals surface area (Å²) < 4.78 is 29.6. The standard InChI is InChI=1S/C10H13NO2.C7H8O3S/c1-8(12)10(13)11-7-9-5-3-2-4-6-9;1-6-2-4-7(5-3-6)11(8,9)10/h2-6,8,12H,7H2,1H3,(H,11,13);2-5H,1H3,(H,8,9,10). The van der Waals surface area contributed by atoms with E-state index in [-0.39, 0.29) is 10.8 Å². The number of aliphatic hydroxyl groups excluding tert-OH is 1. The summed E-state index contributed by atoms with van der Waals surface area (Å²) in [6.45, 7) is 3.75. The molecular formula is C17H21NO5S. The molecule has 24 heavy (non-hydrogen) atoms. The molecule has 6 nitrogen and oxygen atoms in total. The van der Waals surface area contributed by atoms with Crippen LogP contribution < -0.4 is 5.32 Å². The number of hydrogen-bond donors (Lipinski definition) is 3. The van der Waals surface area contributed by atoms with E-state index in [9.17, 15) is 13.2 Å². The number of nitrogens with one attached hydrogen (secondary N) is 1. The van der Waals surface area contributed by atoms with Crippen molar-refractivity contribution < 1.29 is 22.9 Å². The summed E-state index contributed by atoms with van der Waals surface area (Å²) in [5, 5.41) is 11.5. The molecule has 0 saturated heterocycles. The quantitative estimate of drug-likeness (QED) is 0.730. The molecule has 0 saturated carbocycles. The maximum absolute atomic E-state index is 11.0. The first-order chi connectivity index (χ1) is 11.2. The molecule has 0 heterocycles. The molecule has 1 unspecified atom stereocenters. The average Bonchev–Trinajstić information content (AvgIpc) is 2.53. The van der Waals surface area contributed by atoms with E-state index in [1.807, 2.05) is 37.3 Å². The number of amides is 1. The number of aliphatic hydroxyl groups is 1. The van der Waals surface area contributed by atoms with E-state index in [0.29, 0.717) is 6.54 Å². The molecule has 0 bridgehead atoms. The SMILES string of the molecule is CC(O)C(=O)NCc1ccccc1.Cc1ccc(S(=O)(=O)O)cc1. The van der Waals surface area contributed by atoms with Crippen molar-refractivity contribution in [2.75, 3.05) is 0 Å². The second-order valence-corrected chi connectivity index (χ2v) is 6.59. The van der Waals surface area contributed by atoms with Crippen molar-refractivity contribution in [1.82, 2.24) is 5.32 Å². The van der Waals surface area contributed by atoms with Gasteiger partial charge in [0.05, 0.1) is 4.90 Å². The van der Waals surface area contributed by atoms with E-state index in [0.717, 1.165) is 11.1 Å². The van der Waals surface area contributed by atoms with E-state index in [4.69, 9.17) is 9.66 Å². The fourth-order valence-electron chi connectivity index (χ4n) is 1.64. The molecule has 0 fully saturated rings. The summed E-state index contributed by atoms with van der Waals surface area (Å²) >= 11 is 0. The van der Waals surface area contributed by atoms with Crippen LogP contribution in [0.3, 0.4) is 0 Å². The molecule has 0 aliphatic rings. The maximum atomic E-state index is 11.0. The Morgan fingerprint density at radius 2 is 1.62 bits per heavy atom. The molecule has 2 rings (SSSR count). The highest BCUT2D eigenvalue weighted by molar-refractivity contribution is 7.85. The number of benzene rings is 2. The number of carbonyl (C=O) groups is 1. The molecule has 0 aliphatic carbocycles. The Morgan fingerprint density at radius 1 is 1.08 bits per heavy atom. The van der Waals surface area contributed by atoms with Crippen LogP contribution in [0, 0.1) is 6.92 Å². The molecule has 3 N–H and O–H groups in total. The van der Waals surface area contributed by atoms with Crippen molar-refractivity contribution in [1.29, 1.82) is 0 Å². The first kappa shape index (κ1) is 19.8. The Labute approximate surface area is 141 Å². The minimum Gasteiger partial charge on any atom is -0.384 e. The van der Waals surface area contributed by atoms with Crippen LogP contribution in [0.4, 0.5) is 0 Å². The number of hydrogen-bond acceptors (Lipinski definition) is 4. The monoisotopic (exact) mass is 351 g/mol. The Bertz CT molecular complexity index is 740. The zero-order chi connectivity index (χ0) is 18.2.